The van der Waals surface area contributed by atoms with Crippen LogP contribution >= 0.6 is 0 Å². The summed E-state index contributed by atoms with van der Waals surface area (Å²) in [6.45, 7) is 13.3. The van der Waals surface area contributed by atoms with Crippen molar-refractivity contribution in [2.24, 2.45) is 0 Å². The quantitative estimate of drug-likeness (QED) is 0.468. The molecule has 0 unspecified atom stereocenters. The van der Waals surface area contributed by atoms with Crippen molar-refractivity contribution in [2.45, 2.75) is 13.8 Å². The largest absolute Gasteiger partial charge is 0.502 e. The number of carboxylic acid groups (broad SMARTS) is 1. The topological polar surface area (TPSA) is 110 Å². The van der Waals surface area contributed by atoms with Crippen LogP contribution in [0.25, 0.3) is 6.08 Å². The zero-order valence-corrected chi connectivity index (χ0v) is 15.2. The van der Waals surface area contributed by atoms with Crippen LogP contribution in [-0.4, -0.2) is 41.8 Å². The minimum atomic E-state index is -0.916. The predicted octanol–water partition coefficient (Wildman–Crippen LogP) is 3.38. The Kier molecular flexibility index (Phi) is 13.4. The Morgan fingerprint density at radius 3 is 1.88 bits per heavy atom. The lowest BCUT2D eigenvalue weighted by Crippen LogP contribution is -2.05. The third-order valence-electron chi connectivity index (χ3n) is 2.46. The second-order valence-electron chi connectivity index (χ2n) is 4.54. The Hall–Kier alpha value is -3.35. The van der Waals surface area contributed by atoms with Gasteiger partial charge in [-0.25, -0.2) is 14.4 Å². The normalized spacial score (nSPS) is 8.42. The molecule has 0 aliphatic rings. The number of rotatable bonds is 5. The molecular weight excluding hydrogens is 340 g/mol. The molecule has 0 aliphatic carbocycles. The van der Waals surface area contributed by atoms with Gasteiger partial charge in [0.15, 0.2) is 5.76 Å². The molecular formula is C19H24O7. The number of aromatic carboxylic acids is 1. The molecule has 0 heterocycles. The highest BCUT2D eigenvalue weighted by molar-refractivity contribution is 5.91. The van der Waals surface area contributed by atoms with Crippen molar-refractivity contribution in [3.63, 3.8) is 0 Å². The second-order valence-corrected chi connectivity index (χ2v) is 4.54. The van der Waals surface area contributed by atoms with Gasteiger partial charge in [-0.3, -0.25) is 0 Å². The molecule has 0 saturated carbocycles. The number of methoxy groups -OCH3 is 1. The molecule has 142 valence electrons. The molecule has 0 bridgehead atoms. The summed E-state index contributed by atoms with van der Waals surface area (Å²) >= 11 is 0. The van der Waals surface area contributed by atoms with E-state index in [9.17, 15) is 14.4 Å². The molecule has 2 N–H and O–H groups in total. The van der Waals surface area contributed by atoms with Gasteiger partial charge in [0, 0.05) is 5.57 Å². The molecule has 7 heteroatoms. The molecule has 0 aromatic heterocycles. The average Bonchev–Trinajstić information content (AvgIpc) is 2.61. The molecule has 1 aromatic rings. The Morgan fingerprint density at radius 2 is 1.65 bits per heavy atom. The summed E-state index contributed by atoms with van der Waals surface area (Å²) in [5, 5.41) is 16.9. The van der Waals surface area contributed by atoms with Gasteiger partial charge in [-0.15, -0.1) is 0 Å². The van der Waals surface area contributed by atoms with E-state index in [0.29, 0.717) is 16.7 Å². The Labute approximate surface area is 152 Å². The summed E-state index contributed by atoms with van der Waals surface area (Å²) in [6, 6.07) is 6.75. The van der Waals surface area contributed by atoms with Crippen LogP contribution in [0.2, 0.25) is 0 Å². The summed E-state index contributed by atoms with van der Waals surface area (Å²) < 4.78 is 8.59. The van der Waals surface area contributed by atoms with Crippen molar-refractivity contribution in [3.05, 3.63) is 66.5 Å². The maximum atomic E-state index is 10.5. The van der Waals surface area contributed by atoms with Gasteiger partial charge in [-0.2, -0.15) is 0 Å². The van der Waals surface area contributed by atoms with Gasteiger partial charge in [-0.1, -0.05) is 37.4 Å². The van der Waals surface area contributed by atoms with Crippen LogP contribution in [0, 0.1) is 0 Å². The number of carboxylic acids is 1. The van der Waals surface area contributed by atoms with E-state index in [2.05, 4.69) is 29.2 Å². The summed E-state index contributed by atoms with van der Waals surface area (Å²) in [5.41, 5.74) is 1.38. The van der Waals surface area contributed by atoms with Crippen LogP contribution in [0.3, 0.4) is 0 Å². The third-order valence-corrected chi connectivity index (χ3v) is 2.46. The van der Waals surface area contributed by atoms with E-state index in [1.165, 1.54) is 13.2 Å². The molecule has 0 aliphatic heterocycles. The van der Waals surface area contributed by atoms with Crippen molar-refractivity contribution in [2.75, 3.05) is 13.7 Å². The standard InChI is InChI=1S/C9H8O2.C5H8O3.C5H8O2/c1-2-7-5-3-4-6-8(7)9(10)11;1-3-8-5(7)4(2)6;1-4(2)5(6)7-3/h2-6H,1H2,(H,10,11);6H,2-3H2,1H3;1H2,2-3H3. The van der Waals surface area contributed by atoms with Crippen LogP contribution in [0.5, 0.6) is 0 Å². The van der Waals surface area contributed by atoms with Crippen LogP contribution in [0.15, 0.2) is 55.3 Å². The number of ether oxygens (including phenoxy) is 2. The van der Waals surface area contributed by atoms with Gasteiger partial charge in [-0.05, 0) is 32.1 Å². The number of carbonyl (C=O) groups excluding carboxylic acids is 2. The fraction of sp³-hybridized carbons (Fsp3) is 0.211. The van der Waals surface area contributed by atoms with E-state index in [4.69, 9.17) is 10.2 Å². The van der Waals surface area contributed by atoms with Crippen LogP contribution < -0.4 is 0 Å². The van der Waals surface area contributed by atoms with Gasteiger partial charge in [0.25, 0.3) is 0 Å². The summed E-state index contributed by atoms with van der Waals surface area (Å²) in [7, 11) is 1.33. The third kappa shape index (κ3) is 11.2. The molecule has 0 spiro atoms. The minimum absolute atomic E-state index is 0.262. The van der Waals surface area contributed by atoms with E-state index >= 15 is 0 Å². The first-order valence-corrected chi connectivity index (χ1v) is 7.35. The van der Waals surface area contributed by atoms with E-state index in [1.807, 2.05) is 0 Å². The number of esters is 2. The van der Waals surface area contributed by atoms with Crippen LogP contribution in [0.4, 0.5) is 0 Å². The van der Waals surface area contributed by atoms with E-state index < -0.39 is 17.7 Å². The van der Waals surface area contributed by atoms with Gasteiger partial charge < -0.3 is 19.7 Å². The molecule has 0 amide bonds. The van der Waals surface area contributed by atoms with Crippen LogP contribution in [-0.2, 0) is 19.1 Å². The van der Waals surface area contributed by atoms with Crippen molar-refractivity contribution in [1.29, 1.82) is 0 Å². The first-order valence-electron chi connectivity index (χ1n) is 7.35. The molecule has 0 fully saturated rings. The predicted molar refractivity (Wildman–Crippen MR) is 98.7 cm³/mol. The summed E-state index contributed by atoms with van der Waals surface area (Å²) in [5.74, 6) is -2.57. The maximum absolute atomic E-state index is 10.5. The maximum Gasteiger partial charge on any atom is 0.372 e. The zero-order valence-electron chi connectivity index (χ0n) is 15.2. The van der Waals surface area contributed by atoms with E-state index in [-0.39, 0.29) is 12.6 Å². The monoisotopic (exact) mass is 364 g/mol. The number of benzene rings is 1. The first kappa shape index (κ1) is 24.9. The molecule has 1 rings (SSSR count). The van der Waals surface area contributed by atoms with Gasteiger partial charge in [0.05, 0.1) is 19.3 Å². The van der Waals surface area contributed by atoms with Gasteiger partial charge in [0.2, 0.25) is 0 Å². The van der Waals surface area contributed by atoms with Crippen molar-refractivity contribution in [3.8, 4) is 0 Å². The Balaban J connectivity index is 0. The first-order chi connectivity index (χ1) is 12.1. The van der Waals surface area contributed by atoms with Gasteiger partial charge >= 0.3 is 17.9 Å². The van der Waals surface area contributed by atoms with Crippen molar-refractivity contribution in [1.82, 2.24) is 0 Å². The number of carbonyl (C=O) groups is 3. The SMILES string of the molecule is C=C(C)C(=O)OC.C=C(O)C(=O)OCC.C=Cc1ccccc1C(=O)O. The lowest BCUT2D eigenvalue weighted by Gasteiger charge is -1.97. The highest BCUT2D eigenvalue weighted by Crippen LogP contribution is 2.08. The lowest BCUT2D eigenvalue weighted by atomic mass is 10.1. The summed E-state index contributed by atoms with van der Waals surface area (Å²) in [6.07, 6.45) is 1.53. The number of hydrogen-bond donors (Lipinski definition) is 2. The minimum Gasteiger partial charge on any atom is -0.502 e. The smallest absolute Gasteiger partial charge is 0.372 e. The van der Waals surface area contributed by atoms with Crippen molar-refractivity contribution >= 4 is 24.0 Å². The van der Waals surface area contributed by atoms with E-state index in [0.717, 1.165) is 0 Å². The molecule has 0 radical (unpaired) electrons. The van der Waals surface area contributed by atoms with Crippen molar-refractivity contribution < 1.29 is 34.1 Å². The fourth-order valence-electron chi connectivity index (χ4n) is 1.26. The molecule has 0 saturated heterocycles. The lowest BCUT2D eigenvalue weighted by molar-refractivity contribution is -0.141. The average molecular weight is 364 g/mol. The Morgan fingerprint density at radius 1 is 1.12 bits per heavy atom. The highest BCUT2D eigenvalue weighted by Gasteiger charge is 2.04. The highest BCUT2D eigenvalue weighted by atomic mass is 16.5. The zero-order chi connectivity index (χ0) is 20.7. The second kappa shape index (κ2) is 14.0. The van der Waals surface area contributed by atoms with E-state index in [1.54, 1.807) is 38.1 Å². The number of hydrogen-bond acceptors (Lipinski definition) is 6. The van der Waals surface area contributed by atoms with Crippen LogP contribution in [0.1, 0.15) is 29.8 Å². The molecule has 7 nitrogen and oxygen atoms in total. The van der Waals surface area contributed by atoms with Gasteiger partial charge in [0.1, 0.15) is 0 Å². The molecule has 0 atom stereocenters. The molecule has 26 heavy (non-hydrogen) atoms. The summed E-state index contributed by atoms with van der Waals surface area (Å²) in [4.78, 5) is 30.9. The number of aliphatic hydroxyl groups excluding tert-OH is 1. The number of aliphatic hydroxyl groups is 1. The molecule has 1 aromatic carbocycles. The fourth-order valence-corrected chi connectivity index (χ4v) is 1.26. The Bertz CT molecular complexity index is 660.